The third-order valence-electron chi connectivity index (χ3n) is 8.66. The highest BCUT2D eigenvalue weighted by molar-refractivity contribution is 5.97. The van der Waals surface area contributed by atoms with E-state index in [1.807, 2.05) is 51.7 Å². The van der Waals surface area contributed by atoms with Crippen molar-refractivity contribution in [2.75, 3.05) is 12.3 Å². The van der Waals surface area contributed by atoms with E-state index >= 15 is 0 Å². The Balaban J connectivity index is 1.19. The first kappa shape index (κ1) is 28.5. The minimum atomic E-state index is -0.913. The lowest BCUT2D eigenvalue weighted by molar-refractivity contribution is 0.0801. The quantitative estimate of drug-likeness (QED) is 0.224. The number of nitrogens with two attached hydrogens (primary N) is 1. The molecular formula is C34H27FN8O4. The fourth-order valence-electron chi connectivity index (χ4n) is 6.33. The van der Waals surface area contributed by atoms with E-state index in [1.165, 1.54) is 0 Å². The zero-order valence-electron chi connectivity index (χ0n) is 24.9. The second kappa shape index (κ2) is 11.1. The highest BCUT2D eigenvalue weighted by Gasteiger charge is 2.28. The van der Waals surface area contributed by atoms with Gasteiger partial charge in [0.1, 0.15) is 28.6 Å². The summed E-state index contributed by atoms with van der Waals surface area (Å²) in [6.07, 6.45) is 3.25. The van der Waals surface area contributed by atoms with Crippen molar-refractivity contribution in [3.8, 4) is 34.2 Å². The zero-order chi connectivity index (χ0) is 32.2. The predicted octanol–water partition coefficient (Wildman–Crippen LogP) is 4.53. The molecule has 12 nitrogen and oxygen atoms in total. The Kier molecular flexibility index (Phi) is 6.76. The molecule has 0 saturated heterocycles. The van der Waals surface area contributed by atoms with Crippen LogP contribution in [0.15, 0.2) is 66.9 Å². The molecule has 2 aromatic carbocycles. The smallest absolute Gasteiger partial charge is 0.254 e. The first-order chi connectivity index (χ1) is 22.9. The predicted molar refractivity (Wildman–Crippen MR) is 169 cm³/mol. The number of benzene rings is 2. The summed E-state index contributed by atoms with van der Waals surface area (Å²) in [5.41, 5.74) is 12.9. The SMILES string of the molecule is Nc1ncccc1-c1nc2ccc(-c3cc4n(n3)CCOC4)nc2n1-c1ccc2c(c1)CC[C@@H]2NC(=O)c1cc(C=O)c(O)cc1F. The molecule has 234 valence electrons. The number of pyridine rings is 2. The fourth-order valence-corrected chi connectivity index (χ4v) is 6.33. The van der Waals surface area contributed by atoms with Crippen LogP contribution in [0, 0.1) is 5.82 Å². The van der Waals surface area contributed by atoms with Crippen molar-refractivity contribution in [2.24, 2.45) is 0 Å². The minimum absolute atomic E-state index is 0.163. The lowest BCUT2D eigenvalue weighted by atomic mass is 10.1. The molecule has 13 heteroatoms. The molecule has 1 aliphatic heterocycles. The Bertz CT molecular complexity index is 2220. The van der Waals surface area contributed by atoms with E-state index in [0.717, 1.165) is 40.3 Å². The fraction of sp³-hybridized carbons (Fsp3) is 0.176. The first-order valence-electron chi connectivity index (χ1n) is 15.0. The summed E-state index contributed by atoms with van der Waals surface area (Å²) in [7, 11) is 0. The Morgan fingerprint density at radius 1 is 1.11 bits per heavy atom. The van der Waals surface area contributed by atoms with E-state index in [0.29, 0.717) is 72.9 Å². The van der Waals surface area contributed by atoms with Gasteiger partial charge in [0.15, 0.2) is 17.8 Å². The number of amides is 1. The van der Waals surface area contributed by atoms with Crippen molar-refractivity contribution in [3.63, 3.8) is 0 Å². The summed E-state index contributed by atoms with van der Waals surface area (Å²) in [5, 5.41) is 17.4. The van der Waals surface area contributed by atoms with Gasteiger partial charge in [-0.1, -0.05) is 6.07 Å². The van der Waals surface area contributed by atoms with E-state index in [2.05, 4.69) is 10.3 Å². The van der Waals surface area contributed by atoms with Gasteiger partial charge in [0.25, 0.3) is 5.91 Å². The van der Waals surface area contributed by atoms with Gasteiger partial charge < -0.3 is 20.9 Å². The van der Waals surface area contributed by atoms with Crippen molar-refractivity contribution in [1.29, 1.82) is 0 Å². The molecule has 8 rings (SSSR count). The highest BCUT2D eigenvalue weighted by atomic mass is 19.1. The summed E-state index contributed by atoms with van der Waals surface area (Å²) in [6.45, 7) is 1.79. The van der Waals surface area contributed by atoms with Crippen molar-refractivity contribution >= 4 is 29.2 Å². The Hall–Kier alpha value is -5.95. The summed E-state index contributed by atoms with van der Waals surface area (Å²) in [4.78, 5) is 38.6. The van der Waals surface area contributed by atoms with Crippen LogP contribution in [0.3, 0.4) is 0 Å². The van der Waals surface area contributed by atoms with Gasteiger partial charge in [-0.2, -0.15) is 5.10 Å². The number of aldehydes is 1. The lowest BCUT2D eigenvalue weighted by Gasteiger charge is -2.16. The number of nitrogens with one attached hydrogen (secondary N) is 1. The molecule has 6 aromatic rings. The number of phenols is 1. The van der Waals surface area contributed by atoms with Crippen LogP contribution in [0.1, 0.15) is 50.0 Å². The van der Waals surface area contributed by atoms with Gasteiger partial charge in [0.05, 0.1) is 53.9 Å². The number of carbonyl (C=O) groups excluding carboxylic acids is 2. The third kappa shape index (κ3) is 4.88. The number of hydrogen-bond acceptors (Lipinski definition) is 9. The molecule has 1 atom stereocenters. The Morgan fingerprint density at radius 3 is 2.83 bits per heavy atom. The van der Waals surface area contributed by atoms with Gasteiger partial charge in [-0.05, 0) is 72.5 Å². The number of fused-ring (bicyclic) bond motifs is 3. The molecule has 0 spiro atoms. The standard InChI is InChI=1S/C34H27FN8O4/c35-25-15-30(45)19(16-44)13-24(25)34(46)40-26-6-3-18-12-20(4-5-22(18)26)43-32(23-2-1-9-37-31(23)36)39-28-8-7-27(38-33(28)43)29-14-21-17-47-11-10-42(21)41-29/h1-2,4-5,7-9,12-16,26,45H,3,6,10-11,17H2,(H2,36,37)(H,40,46)/t26-/m0/s1. The monoisotopic (exact) mass is 630 g/mol. The van der Waals surface area contributed by atoms with E-state index < -0.39 is 17.5 Å². The zero-order valence-corrected chi connectivity index (χ0v) is 24.9. The lowest BCUT2D eigenvalue weighted by Crippen LogP contribution is -2.28. The number of aromatic hydroxyl groups is 1. The number of phenolic OH excluding ortho intramolecular Hbond substituents is 1. The molecule has 0 bridgehead atoms. The van der Waals surface area contributed by atoms with Crippen LogP contribution < -0.4 is 11.1 Å². The van der Waals surface area contributed by atoms with Gasteiger partial charge in [-0.25, -0.2) is 19.3 Å². The minimum Gasteiger partial charge on any atom is -0.507 e. The molecule has 5 heterocycles. The molecule has 0 unspecified atom stereocenters. The third-order valence-corrected chi connectivity index (χ3v) is 8.66. The number of anilines is 1. The summed E-state index contributed by atoms with van der Waals surface area (Å²) in [5.74, 6) is -1.21. The number of nitrogen functional groups attached to an aromatic ring is 1. The van der Waals surface area contributed by atoms with Crippen LogP contribution >= 0.6 is 0 Å². The van der Waals surface area contributed by atoms with Crippen molar-refractivity contribution < 1.29 is 23.8 Å². The first-order valence-corrected chi connectivity index (χ1v) is 15.0. The van der Waals surface area contributed by atoms with E-state index in [1.54, 1.807) is 12.3 Å². The van der Waals surface area contributed by atoms with Gasteiger partial charge in [-0.3, -0.25) is 18.8 Å². The van der Waals surface area contributed by atoms with E-state index in [-0.39, 0.29) is 17.2 Å². The molecule has 4 N–H and O–H groups in total. The maximum absolute atomic E-state index is 14.6. The van der Waals surface area contributed by atoms with Gasteiger partial charge in [0, 0.05) is 18.0 Å². The van der Waals surface area contributed by atoms with Crippen LogP contribution in [0.2, 0.25) is 0 Å². The summed E-state index contributed by atoms with van der Waals surface area (Å²) >= 11 is 0. The van der Waals surface area contributed by atoms with Crippen LogP contribution in [-0.2, 0) is 24.3 Å². The second-order valence-electron chi connectivity index (χ2n) is 11.5. The van der Waals surface area contributed by atoms with Gasteiger partial charge in [0.2, 0.25) is 0 Å². The number of rotatable bonds is 6. The normalized spacial score (nSPS) is 15.4. The summed E-state index contributed by atoms with van der Waals surface area (Å²) < 4.78 is 24.0. The summed E-state index contributed by atoms with van der Waals surface area (Å²) in [6, 6.07) is 16.8. The Morgan fingerprint density at radius 2 is 2.00 bits per heavy atom. The average Bonchev–Trinajstić information content (AvgIpc) is 3.79. The number of carbonyl (C=O) groups is 2. The molecule has 2 aliphatic rings. The molecule has 1 amide bonds. The molecule has 4 aromatic heterocycles. The Labute approximate surface area is 266 Å². The van der Waals surface area contributed by atoms with Crippen LogP contribution in [-0.4, -0.2) is 53.2 Å². The van der Waals surface area contributed by atoms with Crippen LogP contribution in [0.5, 0.6) is 5.75 Å². The largest absolute Gasteiger partial charge is 0.507 e. The molecule has 0 radical (unpaired) electrons. The van der Waals surface area contributed by atoms with Crippen molar-refractivity contribution in [2.45, 2.75) is 32.0 Å². The highest BCUT2D eigenvalue weighted by Crippen LogP contribution is 2.36. The van der Waals surface area contributed by atoms with E-state index in [4.69, 9.17) is 25.5 Å². The molecular weight excluding hydrogens is 603 g/mol. The molecule has 0 fully saturated rings. The maximum Gasteiger partial charge on any atom is 0.254 e. The topological polar surface area (TPSA) is 163 Å². The number of halogens is 1. The van der Waals surface area contributed by atoms with E-state index in [9.17, 15) is 19.1 Å². The average molecular weight is 631 g/mol. The van der Waals surface area contributed by atoms with Crippen LogP contribution in [0.4, 0.5) is 10.2 Å². The number of nitrogens with zero attached hydrogens (tertiary/aromatic N) is 6. The second-order valence-corrected chi connectivity index (χ2v) is 11.5. The maximum atomic E-state index is 14.6. The van der Waals surface area contributed by atoms with Crippen molar-refractivity contribution in [1.82, 2.24) is 34.6 Å². The molecule has 0 saturated carbocycles. The van der Waals surface area contributed by atoms with Gasteiger partial charge in [-0.15, -0.1) is 0 Å². The molecule has 47 heavy (non-hydrogen) atoms. The number of ether oxygens (including phenoxy) is 1. The number of imidazole rings is 1. The number of hydrogen-bond donors (Lipinski definition) is 3. The molecule has 1 aliphatic carbocycles. The van der Waals surface area contributed by atoms with Crippen LogP contribution in [0.25, 0.3) is 39.6 Å². The van der Waals surface area contributed by atoms with Gasteiger partial charge >= 0.3 is 0 Å². The number of aromatic nitrogens is 6. The van der Waals surface area contributed by atoms with Crippen molar-refractivity contribution in [3.05, 3.63) is 101 Å². The number of aryl methyl sites for hydroxylation is 1.